The number of hydrogen-bond acceptors (Lipinski definition) is 5. The van der Waals surface area contributed by atoms with Crippen molar-refractivity contribution in [2.45, 2.75) is 31.8 Å². The molecule has 8 heteroatoms. The highest BCUT2D eigenvalue weighted by Gasteiger charge is 2.31. The summed E-state index contributed by atoms with van der Waals surface area (Å²) in [6.45, 7) is 1.77. The molecule has 0 aliphatic carbocycles. The van der Waals surface area contributed by atoms with Crippen molar-refractivity contribution >= 4 is 17.8 Å². The van der Waals surface area contributed by atoms with Crippen molar-refractivity contribution in [3.63, 3.8) is 0 Å². The van der Waals surface area contributed by atoms with Crippen LogP contribution in [0.3, 0.4) is 0 Å². The number of aromatic nitrogens is 3. The third kappa shape index (κ3) is 3.91. The lowest BCUT2D eigenvalue weighted by Gasteiger charge is -2.31. The number of benzene rings is 2. The highest BCUT2D eigenvalue weighted by atomic mass is 19.1. The number of methoxy groups -OCH3 is 1. The van der Waals surface area contributed by atoms with E-state index in [0.29, 0.717) is 18.8 Å². The number of fused-ring (bicyclic) bond motifs is 1. The van der Waals surface area contributed by atoms with Crippen LogP contribution < -0.4 is 15.4 Å². The molecule has 2 heterocycles. The summed E-state index contributed by atoms with van der Waals surface area (Å²) in [6, 6.07) is 14.0. The number of rotatable bonds is 5. The van der Waals surface area contributed by atoms with Crippen LogP contribution in [0.25, 0.3) is 0 Å². The highest BCUT2D eigenvalue weighted by Crippen LogP contribution is 2.38. The second kappa shape index (κ2) is 7.90. The Bertz CT molecular complexity index is 1000. The zero-order chi connectivity index (χ0) is 20.4. The van der Waals surface area contributed by atoms with Crippen molar-refractivity contribution in [3.8, 4) is 5.75 Å². The molecular weight excluding hydrogens is 373 g/mol. The number of nitrogens with zero attached hydrogens (tertiary/aromatic N) is 3. The van der Waals surface area contributed by atoms with E-state index in [4.69, 9.17) is 4.74 Å². The predicted octanol–water partition coefficient (Wildman–Crippen LogP) is 3.92. The first-order valence-corrected chi connectivity index (χ1v) is 9.49. The number of anilines is 2. The summed E-state index contributed by atoms with van der Waals surface area (Å²) in [5.41, 5.74) is 2.00. The van der Waals surface area contributed by atoms with E-state index in [1.54, 1.807) is 30.8 Å². The number of carbonyl (C=O) groups is 1. The molecular formula is C21H22FN5O2. The van der Waals surface area contributed by atoms with Crippen LogP contribution in [0.2, 0.25) is 0 Å². The highest BCUT2D eigenvalue weighted by molar-refractivity contribution is 5.88. The molecule has 0 bridgehead atoms. The molecule has 0 saturated heterocycles. The summed E-state index contributed by atoms with van der Waals surface area (Å²) in [7, 11) is 1.63. The number of carbonyl (C=O) groups excluding carboxylic acids is 1. The normalized spacial score (nSPS) is 17.9. The van der Waals surface area contributed by atoms with E-state index < -0.39 is 0 Å². The van der Waals surface area contributed by atoms with Crippen LogP contribution in [-0.2, 0) is 4.79 Å². The molecule has 3 aromatic rings. The smallest absolute Gasteiger partial charge is 0.250 e. The van der Waals surface area contributed by atoms with E-state index in [2.05, 4.69) is 20.7 Å². The number of ether oxygens (including phenoxy) is 1. The summed E-state index contributed by atoms with van der Waals surface area (Å²) in [4.78, 5) is 16.2. The third-order valence-corrected chi connectivity index (χ3v) is 5.03. The largest absolute Gasteiger partial charge is 0.497 e. The maximum Gasteiger partial charge on any atom is 0.250 e. The SMILES string of the molecule is CCC(=O)Nc1nc2n(n1)[C@@H](c1ccc(F)cc1)C[C@H](c1ccc(OC)cc1)N2. The fraction of sp³-hybridized carbons (Fsp3) is 0.286. The van der Waals surface area contributed by atoms with Crippen LogP contribution in [0.5, 0.6) is 5.75 Å². The Balaban J connectivity index is 1.70. The molecule has 0 saturated carbocycles. The quantitative estimate of drug-likeness (QED) is 0.684. The maximum absolute atomic E-state index is 13.4. The lowest BCUT2D eigenvalue weighted by molar-refractivity contribution is -0.115. The molecule has 2 N–H and O–H groups in total. The van der Waals surface area contributed by atoms with E-state index in [1.807, 2.05) is 24.3 Å². The molecule has 0 spiro atoms. The van der Waals surface area contributed by atoms with E-state index >= 15 is 0 Å². The Hall–Kier alpha value is -3.42. The summed E-state index contributed by atoms with van der Waals surface area (Å²) in [6.07, 6.45) is 1.03. The molecule has 0 radical (unpaired) electrons. The molecule has 29 heavy (non-hydrogen) atoms. The lowest BCUT2D eigenvalue weighted by atomic mass is 9.93. The molecule has 0 unspecified atom stereocenters. The Morgan fingerprint density at radius 2 is 1.90 bits per heavy atom. The van der Waals surface area contributed by atoms with Gasteiger partial charge in [-0.3, -0.25) is 10.1 Å². The zero-order valence-electron chi connectivity index (χ0n) is 16.2. The van der Waals surface area contributed by atoms with E-state index in [1.165, 1.54) is 12.1 Å². The third-order valence-electron chi connectivity index (χ3n) is 5.03. The van der Waals surface area contributed by atoms with Gasteiger partial charge in [0.25, 0.3) is 5.95 Å². The second-order valence-electron chi connectivity index (χ2n) is 6.88. The average Bonchev–Trinajstić information content (AvgIpc) is 3.16. The van der Waals surface area contributed by atoms with Crippen LogP contribution in [0.4, 0.5) is 16.3 Å². The van der Waals surface area contributed by atoms with Gasteiger partial charge in [-0.1, -0.05) is 31.2 Å². The first kappa shape index (κ1) is 18.9. The van der Waals surface area contributed by atoms with Gasteiger partial charge in [0, 0.05) is 6.42 Å². The fourth-order valence-electron chi connectivity index (χ4n) is 3.46. The number of halogens is 1. The summed E-state index contributed by atoms with van der Waals surface area (Å²) < 4.78 is 20.4. The molecule has 7 nitrogen and oxygen atoms in total. The summed E-state index contributed by atoms with van der Waals surface area (Å²) in [5, 5.41) is 10.6. The molecule has 1 aromatic heterocycles. The van der Waals surface area contributed by atoms with Crippen molar-refractivity contribution in [2.24, 2.45) is 0 Å². The molecule has 0 fully saturated rings. The van der Waals surface area contributed by atoms with Gasteiger partial charge in [0.1, 0.15) is 11.6 Å². The summed E-state index contributed by atoms with van der Waals surface area (Å²) >= 11 is 0. The molecule has 2 aromatic carbocycles. The van der Waals surface area contributed by atoms with Gasteiger partial charge in [-0.2, -0.15) is 4.98 Å². The molecule has 1 amide bonds. The minimum absolute atomic E-state index is 0.0256. The monoisotopic (exact) mass is 395 g/mol. The van der Waals surface area contributed by atoms with Gasteiger partial charge in [0.2, 0.25) is 11.9 Å². The predicted molar refractivity (Wildman–Crippen MR) is 107 cm³/mol. The van der Waals surface area contributed by atoms with Gasteiger partial charge in [0.05, 0.1) is 19.2 Å². The molecule has 1 aliphatic rings. The van der Waals surface area contributed by atoms with Crippen molar-refractivity contribution in [3.05, 3.63) is 65.5 Å². The van der Waals surface area contributed by atoms with Gasteiger partial charge < -0.3 is 10.1 Å². The van der Waals surface area contributed by atoms with Crippen molar-refractivity contribution < 1.29 is 13.9 Å². The molecule has 1 aliphatic heterocycles. The fourth-order valence-corrected chi connectivity index (χ4v) is 3.46. The second-order valence-corrected chi connectivity index (χ2v) is 6.88. The first-order chi connectivity index (χ1) is 14.1. The van der Waals surface area contributed by atoms with Crippen LogP contribution in [0, 0.1) is 5.82 Å². The average molecular weight is 395 g/mol. The number of hydrogen-bond donors (Lipinski definition) is 2. The van der Waals surface area contributed by atoms with Gasteiger partial charge in [-0.05, 0) is 41.8 Å². The van der Waals surface area contributed by atoms with Gasteiger partial charge in [0.15, 0.2) is 0 Å². The standard InChI is InChI=1S/C21H22FN5O2/c1-3-19(28)24-20-25-21-23-17(13-6-10-16(29-2)11-7-13)12-18(27(21)26-20)14-4-8-15(22)9-5-14/h4-11,17-18H,3,12H2,1-2H3,(H2,23,24,25,26,28)/t17-,18-/m1/s1. The molecule has 2 atom stereocenters. The molecule has 4 rings (SSSR count). The van der Waals surface area contributed by atoms with Crippen LogP contribution in [0.15, 0.2) is 48.5 Å². The molecule has 150 valence electrons. The van der Waals surface area contributed by atoms with E-state index in [-0.39, 0.29) is 29.8 Å². The summed E-state index contributed by atoms with van der Waals surface area (Å²) in [5.74, 6) is 1.15. The van der Waals surface area contributed by atoms with Crippen molar-refractivity contribution in [1.82, 2.24) is 14.8 Å². The number of amides is 1. The number of nitrogens with one attached hydrogen (secondary N) is 2. The Labute approximate surface area is 167 Å². The van der Waals surface area contributed by atoms with Crippen LogP contribution in [-0.4, -0.2) is 27.8 Å². The first-order valence-electron chi connectivity index (χ1n) is 9.49. The van der Waals surface area contributed by atoms with Crippen LogP contribution >= 0.6 is 0 Å². The topological polar surface area (TPSA) is 81.1 Å². The zero-order valence-corrected chi connectivity index (χ0v) is 16.2. The maximum atomic E-state index is 13.4. The lowest BCUT2D eigenvalue weighted by Crippen LogP contribution is -2.28. The van der Waals surface area contributed by atoms with Crippen molar-refractivity contribution in [2.75, 3.05) is 17.7 Å². The minimum atomic E-state index is -0.288. The van der Waals surface area contributed by atoms with E-state index in [9.17, 15) is 9.18 Å². The Kier molecular flexibility index (Phi) is 5.16. The van der Waals surface area contributed by atoms with Gasteiger partial charge >= 0.3 is 0 Å². The minimum Gasteiger partial charge on any atom is -0.497 e. The van der Waals surface area contributed by atoms with Crippen LogP contribution in [0.1, 0.15) is 43.0 Å². The Morgan fingerprint density at radius 3 is 2.55 bits per heavy atom. The Morgan fingerprint density at radius 1 is 1.21 bits per heavy atom. The van der Waals surface area contributed by atoms with E-state index in [0.717, 1.165) is 16.9 Å². The van der Waals surface area contributed by atoms with Crippen molar-refractivity contribution in [1.29, 1.82) is 0 Å². The van der Waals surface area contributed by atoms with Gasteiger partial charge in [-0.15, -0.1) is 5.10 Å². The van der Waals surface area contributed by atoms with Gasteiger partial charge in [-0.25, -0.2) is 9.07 Å².